The van der Waals surface area contributed by atoms with Crippen molar-refractivity contribution in [2.45, 2.75) is 44.1 Å². The molecule has 1 amide bonds. The first-order chi connectivity index (χ1) is 12.9. The van der Waals surface area contributed by atoms with Crippen molar-refractivity contribution in [3.05, 3.63) is 34.4 Å². The van der Waals surface area contributed by atoms with Gasteiger partial charge >= 0.3 is 6.09 Å². The fraction of sp³-hybridized carbons (Fsp3) is 0.632. The first-order valence-corrected chi connectivity index (χ1v) is 11.5. The molecular formula is C19H27ClN2O5S. The average molecular weight is 431 g/mol. The number of nitrogens with zero attached hydrogens (tertiary/aromatic N) is 2. The third-order valence-electron chi connectivity index (χ3n) is 5.42. The predicted octanol–water partition coefficient (Wildman–Crippen LogP) is 3.09. The molecule has 2 aliphatic heterocycles. The van der Waals surface area contributed by atoms with E-state index in [1.54, 1.807) is 0 Å². The molecule has 0 bridgehead atoms. The van der Waals surface area contributed by atoms with E-state index in [9.17, 15) is 18.3 Å². The van der Waals surface area contributed by atoms with Gasteiger partial charge in [0.2, 0.25) is 10.0 Å². The molecule has 2 aliphatic rings. The van der Waals surface area contributed by atoms with Crippen molar-refractivity contribution in [2.24, 2.45) is 0 Å². The topological polar surface area (TPSA) is 87.2 Å². The number of halogens is 1. The minimum Gasteiger partial charge on any atom is -0.465 e. The molecule has 7 nitrogen and oxygen atoms in total. The molecule has 0 aliphatic carbocycles. The van der Waals surface area contributed by atoms with Crippen LogP contribution in [0, 0.1) is 0 Å². The van der Waals surface area contributed by atoms with E-state index < -0.39 is 27.7 Å². The van der Waals surface area contributed by atoms with Crippen LogP contribution in [0.1, 0.15) is 54.6 Å². The molecule has 1 fully saturated rings. The van der Waals surface area contributed by atoms with Crippen molar-refractivity contribution < 1.29 is 23.1 Å². The van der Waals surface area contributed by atoms with E-state index in [0.717, 1.165) is 22.9 Å². The Kier molecular flexibility index (Phi) is 5.71. The Bertz CT molecular complexity index is 881. The minimum atomic E-state index is -3.49. The maximum Gasteiger partial charge on any atom is 0.407 e. The highest BCUT2D eigenvalue weighted by Gasteiger charge is 2.39. The van der Waals surface area contributed by atoms with E-state index in [2.05, 4.69) is 26.8 Å². The smallest absolute Gasteiger partial charge is 0.407 e. The molecule has 1 aromatic carbocycles. The van der Waals surface area contributed by atoms with E-state index in [1.807, 2.05) is 6.07 Å². The summed E-state index contributed by atoms with van der Waals surface area (Å²) in [5.74, 6) is 0. The SMILES string of the molecule is CC(C)(C)c1cc2c(c([C@@H]3COCCN3C(=O)O)c1)C(Cl)N(S(C)(=O)=O)CC2. The van der Waals surface area contributed by atoms with Crippen LogP contribution < -0.4 is 0 Å². The molecule has 1 N–H and O–H groups in total. The molecule has 2 heterocycles. The lowest BCUT2D eigenvalue weighted by Gasteiger charge is -2.40. The summed E-state index contributed by atoms with van der Waals surface area (Å²) in [5.41, 5.74) is 2.43. The van der Waals surface area contributed by atoms with Crippen LogP contribution in [0.3, 0.4) is 0 Å². The Morgan fingerprint density at radius 1 is 1.29 bits per heavy atom. The molecule has 3 rings (SSSR count). The highest BCUT2D eigenvalue weighted by Crippen LogP contribution is 2.43. The van der Waals surface area contributed by atoms with Gasteiger partial charge in [0.25, 0.3) is 0 Å². The predicted molar refractivity (Wildman–Crippen MR) is 107 cm³/mol. The number of sulfonamides is 1. The lowest BCUT2D eigenvalue weighted by molar-refractivity contribution is -0.00142. The second-order valence-corrected chi connectivity index (χ2v) is 10.8. The van der Waals surface area contributed by atoms with Gasteiger partial charge in [-0.25, -0.2) is 13.2 Å². The minimum absolute atomic E-state index is 0.150. The largest absolute Gasteiger partial charge is 0.465 e. The van der Waals surface area contributed by atoms with Gasteiger partial charge in [-0.05, 0) is 34.1 Å². The summed E-state index contributed by atoms with van der Waals surface area (Å²) in [6.07, 6.45) is 0.651. The van der Waals surface area contributed by atoms with Crippen molar-refractivity contribution in [1.82, 2.24) is 9.21 Å². The van der Waals surface area contributed by atoms with Gasteiger partial charge in [0.1, 0.15) is 5.50 Å². The molecule has 0 aromatic heterocycles. The highest BCUT2D eigenvalue weighted by atomic mass is 35.5. The van der Waals surface area contributed by atoms with Crippen molar-refractivity contribution in [2.75, 3.05) is 32.6 Å². The normalized spacial score (nSPS) is 24.1. The van der Waals surface area contributed by atoms with Crippen LogP contribution in [-0.2, 0) is 26.6 Å². The highest BCUT2D eigenvalue weighted by molar-refractivity contribution is 7.88. The van der Waals surface area contributed by atoms with Crippen LogP contribution in [-0.4, -0.2) is 61.4 Å². The fourth-order valence-electron chi connectivity index (χ4n) is 3.86. The van der Waals surface area contributed by atoms with Gasteiger partial charge in [-0.3, -0.25) is 4.90 Å². The molecule has 0 saturated carbocycles. The van der Waals surface area contributed by atoms with Crippen LogP contribution in [0.15, 0.2) is 12.1 Å². The lowest BCUT2D eigenvalue weighted by Crippen LogP contribution is -2.44. The van der Waals surface area contributed by atoms with Crippen LogP contribution in [0.4, 0.5) is 4.79 Å². The first-order valence-electron chi connectivity index (χ1n) is 9.26. The van der Waals surface area contributed by atoms with Gasteiger partial charge in [-0.15, -0.1) is 0 Å². The number of alkyl halides is 1. The summed E-state index contributed by atoms with van der Waals surface area (Å²) in [7, 11) is -3.49. The van der Waals surface area contributed by atoms with Crippen molar-refractivity contribution in [3.8, 4) is 0 Å². The summed E-state index contributed by atoms with van der Waals surface area (Å²) in [4.78, 5) is 13.2. The summed E-state index contributed by atoms with van der Waals surface area (Å²) in [6.45, 7) is 7.39. The van der Waals surface area contributed by atoms with E-state index in [1.165, 1.54) is 9.21 Å². The molecule has 28 heavy (non-hydrogen) atoms. The summed E-state index contributed by atoms with van der Waals surface area (Å²) < 4.78 is 31.3. The average Bonchev–Trinajstić information content (AvgIpc) is 2.59. The second kappa shape index (κ2) is 7.48. The zero-order chi connectivity index (χ0) is 20.9. The number of carbonyl (C=O) groups is 1. The van der Waals surface area contributed by atoms with E-state index in [4.69, 9.17) is 16.3 Å². The maximum absolute atomic E-state index is 12.2. The van der Waals surface area contributed by atoms with Gasteiger partial charge in [0.15, 0.2) is 0 Å². The molecule has 0 spiro atoms. The number of amides is 1. The number of hydrogen-bond donors (Lipinski definition) is 1. The van der Waals surface area contributed by atoms with E-state index in [-0.39, 0.29) is 18.6 Å². The number of hydrogen-bond acceptors (Lipinski definition) is 4. The molecular weight excluding hydrogens is 404 g/mol. The third-order valence-corrected chi connectivity index (χ3v) is 7.23. The third kappa shape index (κ3) is 4.01. The molecule has 0 radical (unpaired) electrons. The number of fused-ring (bicyclic) bond motifs is 1. The maximum atomic E-state index is 12.2. The zero-order valence-electron chi connectivity index (χ0n) is 16.6. The Hall–Kier alpha value is -1.35. The van der Waals surface area contributed by atoms with Gasteiger partial charge in [0, 0.05) is 13.1 Å². The number of ether oxygens (including phenoxy) is 1. The molecule has 1 unspecified atom stereocenters. The molecule has 2 atom stereocenters. The Morgan fingerprint density at radius 3 is 2.54 bits per heavy atom. The second-order valence-electron chi connectivity index (χ2n) is 8.41. The van der Waals surface area contributed by atoms with E-state index in [0.29, 0.717) is 25.1 Å². The monoisotopic (exact) mass is 430 g/mol. The van der Waals surface area contributed by atoms with Crippen molar-refractivity contribution in [3.63, 3.8) is 0 Å². The van der Waals surface area contributed by atoms with Gasteiger partial charge < -0.3 is 9.84 Å². The standard InChI is InChI=1S/C19H27ClN2O5S/c1-19(2,3)13-9-12-5-6-22(28(4,25)26)17(20)16(12)14(10-13)15-11-27-8-7-21(15)18(23)24/h9-10,15,17H,5-8,11H2,1-4H3,(H,23,24)/t15-,17?/m0/s1. The molecule has 1 saturated heterocycles. The number of morpholine rings is 1. The van der Waals surface area contributed by atoms with Crippen molar-refractivity contribution in [1.29, 1.82) is 0 Å². The Labute approximate surface area is 171 Å². The Morgan fingerprint density at radius 2 is 1.96 bits per heavy atom. The number of benzene rings is 1. The summed E-state index contributed by atoms with van der Waals surface area (Å²) >= 11 is 6.66. The van der Waals surface area contributed by atoms with Crippen LogP contribution in [0.2, 0.25) is 0 Å². The molecule has 1 aromatic rings. The van der Waals surface area contributed by atoms with Crippen LogP contribution >= 0.6 is 11.6 Å². The fourth-order valence-corrected chi connectivity index (χ4v) is 5.52. The van der Waals surface area contributed by atoms with E-state index >= 15 is 0 Å². The summed E-state index contributed by atoms with van der Waals surface area (Å²) in [6, 6.07) is 3.51. The first kappa shape index (κ1) is 21.4. The lowest BCUT2D eigenvalue weighted by atomic mass is 9.80. The Balaban J connectivity index is 2.21. The molecule has 156 valence electrons. The van der Waals surface area contributed by atoms with Gasteiger partial charge in [0.05, 0.1) is 25.5 Å². The summed E-state index contributed by atoms with van der Waals surface area (Å²) in [5, 5.41) is 9.68. The van der Waals surface area contributed by atoms with Gasteiger partial charge in [-0.1, -0.05) is 44.5 Å². The zero-order valence-corrected chi connectivity index (χ0v) is 18.2. The van der Waals surface area contributed by atoms with Crippen LogP contribution in [0.5, 0.6) is 0 Å². The van der Waals surface area contributed by atoms with Crippen LogP contribution in [0.25, 0.3) is 0 Å². The quantitative estimate of drug-likeness (QED) is 0.575. The van der Waals surface area contributed by atoms with Gasteiger partial charge in [-0.2, -0.15) is 4.31 Å². The molecule has 9 heteroatoms. The number of carboxylic acid groups (broad SMARTS) is 1. The van der Waals surface area contributed by atoms with Crippen molar-refractivity contribution >= 4 is 27.7 Å². The number of rotatable bonds is 2.